The third-order valence-electron chi connectivity index (χ3n) is 3.49. The van der Waals surface area contributed by atoms with Gasteiger partial charge in [-0.25, -0.2) is 4.79 Å². The Morgan fingerprint density at radius 1 is 1.04 bits per heavy atom. The van der Waals surface area contributed by atoms with Crippen molar-refractivity contribution < 1.29 is 17.6 Å². The van der Waals surface area contributed by atoms with Gasteiger partial charge in [-0.3, -0.25) is 0 Å². The van der Waals surface area contributed by atoms with Gasteiger partial charge >= 0.3 is 11.8 Å². The third-order valence-corrected chi connectivity index (χ3v) is 4.24. The van der Waals surface area contributed by atoms with Crippen LogP contribution < -0.4 is 16.3 Å². The summed E-state index contributed by atoms with van der Waals surface area (Å²) in [6.07, 6.45) is -4.68. The summed E-state index contributed by atoms with van der Waals surface area (Å²) in [6.45, 7) is 0. The number of benzene rings is 2. The Morgan fingerprint density at radius 2 is 1.78 bits per heavy atom. The Balaban J connectivity index is 1.87. The zero-order chi connectivity index (χ0) is 19.8. The van der Waals surface area contributed by atoms with E-state index >= 15 is 0 Å². The van der Waals surface area contributed by atoms with E-state index in [9.17, 15) is 18.0 Å². The number of nitrogens with one attached hydrogen (secondary N) is 2. The van der Waals surface area contributed by atoms with E-state index in [1.54, 1.807) is 12.1 Å². The lowest BCUT2D eigenvalue weighted by molar-refractivity contribution is -0.136. The van der Waals surface area contributed by atoms with Gasteiger partial charge in [-0.1, -0.05) is 23.2 Å². The van der Waals surface area contributed by atoms with E-state index in [0.717, 1.165) is 0 Å². The van der Waals surface area contributed by atoms with E-state index in [2.05, 4.69) is 10.6 Å². The quantitative estimate of drug-likeness (QED) is 0.388. The Labute approximate surface area is 165 Å². The number of hydrogen-bond acceptors (Lipinski definition) is 3. The van der Waals surface area contributed by atoms with Crippen LogP contribution in [-0.2, 0) is 6.18 Å². The first-order valence-corrected chi connectivity index (χ1v) is 8.48. The molecule has 0 saturated heterocycles. The predicted molar refractivity (Wildman–Crippen MR) is 104 cm³/mol. The number of alkyl halides is 3. The minimum Gasteiger partial charge on any atom is -0.423 e. The molecule has 140 valence electrons. The highest BCUT2D eigenvalue weighted by atomic mass is 35.5. The number of anilines is 2. The van der Waals surface area contributed by atoms with Crippen LogP contribution in [0.2, 0.25) is 10.0 Å². The summed E-state index contributed by atoms with van der Waals surface area (Å²) in [4.78, 5) is 11.4. The summed E-state index contributed by atoms with van der Waals surface area (Å²) in [7, 11) is 0. The molecule has 0 aliphatic carbocycles. The molecule has 3 rings (SSSR count). The average Bonchev–Trinajstić information content (AvgIpc) is 2.55. The topological polar surface area (TPSA) is 54.3 Å². The summed E-state index contributed by atoms with van der Waals surface area (Å²) in [5.74, 6) is 0. The van der Waals surface area contributed by atoms with Crippen molar-refractivity contribution in [2.75, 3.05) is 10.6 Å². The molecule has 0 radical (unpaired) electrons. The standard InChI is InChI=1S/C17H9Cl2F3N2O2S/c18-8-1-4-13(12(19)5-8)24-16(27)23-9-2-3-10-11(17(20,21)22)7-15(25)26-14(10)6-9/h1-7H,(H2,23,24,27). The molecule has 10 heteroatoms. The van der Waals surface area contributed by atoms with E-state index in [4.69, 9.17) is 39.8 Å². The Hall–Kier alpha value is -2.29. The van der Waals surface area contributed by atoms with Crippen LogP contribution in [-0.4, -0.2) is 5.11 Å². The monoisotopic (exact) mass is 432 g/mol. The normalized spacial score (nSPS) is 11.4. The van der Waals surface area contributed by atoms with Gasteiger partial charge in [-0.2, -0.15) is 13.2 Å². The van der Waals surface area contributed by atoms with Gasteiger partial charge in [0.05, 0.1) is 16.3 Å². The number of fused-ring (bicyclic) bond motifs is 1. The molecular formula is C17H9Cl2F3N2O2S. The second kappa shape index (κ2) is 7.38. The SMILES string of the molecule is O=c1cc(C(F)(F)F)c2ccc(NC(=S)Nc3ccc(Cl)cc3Cl)cc2o1. The molecule has 0 aliphatic rings. The first-order chi connectivity index (χ1) is 12.6. The van der Waals surface area contributed by atoms with Gasteiger partial charge in [-0.15, -0.1) is 0 Å². The molecule has 4 nitrogen and oxygen atoms in total. The van der Waals surface area contributed by atoms with Crippen LogP contribution in [0.4, 0.5) is 24.5 Å². The molecule has 3 aromatic rings. The summed E-state index contributed by atoms with van der Waals surface area (Å²) < 4.78 is 44.1. The number of rotatable bonds is 2. The van der Waals surface area contributed by atoms with E-state index < -0.39 is 17.4 Å². The van der Waals surface area contributed by atoms with Gasteiger partial charge < -0.3 is 15.1 Å². The van der Waals surface area contributed by atoms with Gasteiger partial charge in [-0.05, 0) is 42.5 Å². The fraction of sp³-hybridized carbons (Fsp3) is 0.0588. The van der Waals surface area contributed by atoms with E-state index in [1.807, 2.05) is 0 Å². The smallest absolute Gasteiger partial charge is 0.417 e. The van der Waals surface area contributed by atoms with E-state index in [1.165, 1.54) is 24.3 Å². The molecule has 0 unspecified atom stereocenters. The van der Waals surface area contributed by atoms with Crippen molar-refractivity contribution >= 4 is 62.9 Å². The Kier molecular flexibility index (Phi) is 5.32. The third kappa shape index (κ3) is 4.52. The fourth-order valence-corrected chi connectivity index (χ4v) is 3.03. The number of thiocarbonyl (C=S) groups is 1. The highest BCUT2D eigenvalue weighted by Crippen LogP contribution is 2.34. The predicted octanol–water partition coefficient (Wildman–Crippen LogP) is 5.93. The molecule has 1 heterocycles. The van der Waals surface area contributed by atoms with Gasteiger partial charge in [0.15, 0.2) is 5.11 Å². The second-order valence-electron chi connectivity index (χ2n) is 5.39. The maximum absolute atomic E-state index is 13.1. The first kappa shape index (κ1) is 19.5. The number of halogens is 5. The molecule has 27 heavy (non-hydrogen) atoms. The molecule has 0 amide bonds. The van der Waals surface area contributed by atoms with Crippen molar-refractivity contribution in [3.05, 3.63) is 68.5 Å². The number of hydrogen-bond donors (Lipinski definition) is 2. The lowest BCUT2D eigenvalue weighted by Crippen LogP contribution is -2.19. The summed E-state index contributed by atoms with van der Waals surface area (Å²) in [5.41, 5.74) is -1.56. The molecule has 2 aromatic carbocycles. The van der Waals surface area contributed by atoms with Crippen molar-refractivity contribution in [1.82, 2.24) is 0 Å². The first-order valence-electron chi connectivity index (χ1n) is 7.31. The van der Waals surface area contributed by atoms with Gasteiger partial charge in [0, 0.05) is 28.2 Å². The van der Waals surface area contributed by atoms with Crippen LogP contribution in [0.25, 0.3) is 11.0 Å². The maximum atomic E-state index is 13.1. The van der Waals surface area contributed by atoms with Crippen LogP contribution in [0.15, 0.2) is 51.7 Å². The van der Waals surface area contributed by atoms with Crippen LogP contribution in [0.5, 0.6) is 0 Å². The lowest BCUT2D eigenvalue weighted by Gasteiger charge is -2.13. The average molecular weight is 433 g/mol. The molecule has 0 saturated carbocycles. The molecule has 0 fully saturated rings. The largest absolute Gasteiger partial charge is 0.423 e. The van der Waals surface area contributed by atoms with E-state index in [0.29, 0.717) is 27.5 Å². The summed E-state index contributed by atoms with van der Waals surface area (Å²) in [5, 5.41) is 6.32. The van der Waals surface area contributed by atoms with Crippen LogP contribution in [0.3, 0.4) is 0 Å². The molecule has 1 aromatic heterocycles. The summed E-state index contributed by atoms with van der Waals surface area (Å²) >= 11 is 17.0. The Morgan fingerprint density at radius 3 is 2.44 bits per heavy atom. The van der Waals surface area contributed by atoms with Crippen LogP contribution in [0.1, 0.15) is 5.56 Å². The maximum Gasteiger partial charge on any atom is 0.417 e. The van der Waals surface area contributed by atoms with Crippen LogP contribution >= 0.6 is 35.4 Å². The second-order valence-corrected chi connectivity index (χ2v) is 6.64. The van der Waals surface area contributed by atoms with Crippen molar-refractivity contribution in [3.63, 3.8) is 0 Å². The highest BCUT2D eigenvalue weighted by molar-refractivity contribution is 7.80. The lowest BCUT2D eigenvalue weighted by atomic mass is 10.1. The van der Waals surface area contributed by atoms with Crippen molar-refractivity contribution in [3.8, 4) is 0 Å². The molecule has 0 atom stereocenters. The van der Waals surface area contributed by atoms with Gasteiger partial charge in [0.1, 0.15) is 5.58 Å². The minimum atomic E-state index is -4.68. The fourth-order valence-electron chi connectivity index (χ4n) is 2.35. The summed E-state index contributed by atoms with van der Waals surface area (Å²) in [6, 6.07) is 9.01. The Bertz CT molecular complexity index is 1100. The molecular weight excluding hydrogens is 424 g/mol. The van der Waals surface area contributed by atoms with Crippen molar-refractivity contribution in [2.24, 2.45) is 0 Å². The minimum absolute atomic E-state index is 0.132. The molecule has 2 N–H and O–H groups in total. The molecule has 0 bridgehead atoms. The van der Waals surface area contributed by atoms with Gasteiger partial charge in [0.25, 0.3) is 0 Å². The van der Waals surface area contributed by atoms with Crippen molar-refractivity contribution in [1.29, 1.82) is 0 Å². The van der Waals surface area contributed by atoms with E-state index in [-0.39, 0.29) is 16.1 Å². The zero-order valence-corrected chi connectivity index (χ0v) is 15.5. The van der Waals surface area contributed by atoms with Crippen molar-refractivity contribution in [2.45, 2.75) is 6.18 Å². The molecule has 0 spiro atoms. The highest BCUT2D eigenvalue weighted by Gasteiger charge is 2.33. The zero-order valence-electron chi connectivity index (χ0n) is 13.2. The van der Waals surface area contributed by atoms with Gasteiger partial charge in [0.2, 0.25) is 0 Å². The van der Waals surface area contributed by atoms with Crippen LogP contribution in [0, 0.1) is 0 Å². The molecule has 0 aliphatic heterocycles.